The van der Waals surface area contributed by atoms with Crippen molar-refractivity contribution in [2.45, 2.75) is 43.4 Å². The van der Waals surface area contributed by atoms with Gasteiger partial charge in [-0.2, -0.15) is 0 Å². The number of carbonyl (C=O) groups is 3. The molecule has 2 aromatic carbocycles. The molecule has 2 aromatic rings. The van der Waals surface area contributed by atoms with Gasteiger partial charge in [-0.1, -0.05) is 36.4 Å². The van der Waals surface area contributed by atoms with Gasteiger partial charge in [0, 0.05) is 36.4 Å². The average molecular weight is 483 g/mol. The van der Waals surface area contributed by atoms with Gasteiger partial charge in [0.1, 0.15) is 6.10 Å². The lowest BCUT2D eigenvalue weighted by molar-refractivity contribution is -0.132. The number of imide groups is 1. The number of fused-ring (bicyclic) bond motifs is 1. The number of hydrogen-bond acceptors (Lipinski definition) is 6. The molecule has 7 rings (SSSR count). The summed E-state index contributed by atoms with van der Waals surface area (Å²) in [4.78, 5) is 42.7. The Labute approximate surface area is 209 Å². The maximum absolute atomic E-state index is 13.5. The van der Waals surface area contributed by atoms with Crippen LogP contribution in [0.4, 0.5) is 0 Å². The maximum atomic E-state index is 13.5. The summed E-state index contributed by atoms with van der Waals surface area (Å²) >= 11 is 0. The van der Waals surface area contributed by atoms with Crippen molar-refractivity contribution in [3.05, 3.63) is 83.5 Å². The summed E-state index contributed by atoms with van der Waals surface area (Å²) in [5, 5.41) is 0. The zero-order chi connectivity index (χ0) is 24.8. The molecule has 1 saturated heterocycles. The Morgan fingerprint density at radius 2 is 1.92 bits per heavy atom. The van der Waals surface area contributed by atoms with Gasteiger partial charge in [0.05, 0.1) is 17.2 Å². The molecule has 3 heterocycles. The molecule has 3 aliphatic heterocycles. The lowest BCUT2D eigenvalue weighted by Crippen LogP contribution is -2.67. The van der Waals surface area contributed by atoms with Gasteiger partial charge >= 0.3 is 5.97 Å². The normalized spacial score (nSPS) is 31.1. The molecular weight excluding hydrogens is 456 g/mol. The second kappa shape index (κ2) is 7.40. The molecule has 5 atom stereocenters. The van der Waals surface area contributed by atoms with E-state index in [-0.39, 0.29) is 23.8 Å². The predicted molar refractivity (Wildman–Crippen MR) is 131 cm³/mol. The van der Waals surface area contributed by atoms with E-state index in [0.29, 0.717) is 22.6 Å². The second-order valence-electron chi connectivity index (χ2n) is 10.3. The third kappa shape index (κ3) is 2.58. The summed E-state index contributed by atoms with van der Waals surface area (Å²) in [7, 11) is 0. The van der Waals surface area contributed by atoms with Gasteiger partial charge in [-0.3, -0.25) is 24.2 Å². The van der Waals surface area contributed by atoms with Gasteiger partial charge in [0.2, 0.25) is 0 Å². The lowest BCUT2D eigenvalue weighted by atomic mass is 9.53. The van der Waals surface area contributed by atoms with Gasteiger partial charge < -0.3 is 9.47 Å². The highest BCUT2D eigenvalue weighted by Gasteiger charge is 2.66. The van der Waals surface area contributed by atoms with Crippen LogP contribution in [0.3, 0.4) is 0 Å². The molecule has 1 spiro atoms. The average Bonchev–Trinajstić information content (AvgIpc) is 3.34. The third-order valence-corrected chi connectivity index (χ3v) is 8.71. The van der Waals surface area contributed by atoms with Crippen LogP contribution in [0.2, 0.25) is 0 Å². The number of piperidine rings is 1. The number of ether oxygens (including phenoxy) is 2. The van der Waals surface area contributed by atoms with E-state index in [4.69, 9.17) is 9.47 Å². The number of carbonyl (C=O) groups excluding carboxylic acids is 3. The first-order valence-electron chi connectivity index (χ1n) is 12.5. The Morgan fingerprint density at radius 1 is 1.17 bits per heavy atom. The maximum Gasteiger partial charge on any atom is 0.308 e. The minimum Gasteiger partial charge on any atom is -0.483 e. The molecule has 2 amide bonds. The van der Waals surface area contributed by atoms with Crippen molar-refractivity contribution < 1.29 is 23.9 Å². The van der Waals surface area contributed by atoms with Gasteiger partial charge in [-0.05, 0) is 43.1 Å². The minimum atomic E-state index is -0.566. The molecule has 1 fully saturated rings. The van der Waals surface area contributed by atoms with Crippen molar-refractivity contribution in [1.29, 1.82) is 0 Å². The molecule has 7 heteroatoms. The van der Waals surface area contributed by atoms with Gasteiger partial charge in [-0.25, -0.2) is 0 Å². The van der Waals surface area contributed by atoms with Crippen molar-refractivity contribution in [3.63, 3.8) is 0 Å². The van der Waals surface area contributed by atoms with Gasteiger partial charge in [-0.15, -0.1) is 6.58 Å². The van der Waals surface area contributed by atoms with Crippen molar-refractivity contribution in [2.75, 3.05) is 13.1 Å². The van der Waals surface area contributed by atoms with Crippen molar-refractivity contribution in [2.24, 2.45) is 5.92 Å². The number of esters is 1. The zero-order valence-corrected chi connectivity index (χ0v) is 20.0. The Hall–Kier alpha value is -3.71. The quantitative estimate of drug-likeness (QED) is 0.288. The summed E-state index contributed by atoms with van der Waals surface area (Å²) < 4.78 is 12.3. The molecule has 0 N–H and O–H groups in total. The van der Waals surface area contributed by atoms with Crippen molar-refractivity contribution >= 4 is 17.8 Å². The van der Waals surface area contributed by atoms with Crippen molar-refractivity contribution in [1.82, 2.24) is 9.80 Å². The summed E-state index contributed by atoms with van der Waals surface area (Å²) in [6, 6.07) is 10.5. The predicted octanol–water partition coefficient (Wildman–Crippen LogP) is 3.28. The number of hydrogen-bond donors (Lipinski definition) is 0. The summed E-state index contributed by atoms with van der Waals surface area (Å²) in [6.07, 6.45) is 7.32. The van der Waals surface area contributed by atoms with Crippen LogP contribution in [0.15, 0.2) is 61.2 Å². The smallest absolute Gasteiger partial charge is 0.308 e. The number of nitrogens with zero attached hydrogens (tertiary/aromatic N) is 2. The molecular formula is C29H26N2O5. The highest BCUT2D eigenvalue weighted by atomic mass is 16.6. The first-order valence-corrected chi connectivity index (χ1v) is 12.5. The molecule has 0 saturated carbocycles. The molecule has 2 aliphatic carbocycles. The molecule has 5 aliphatic rings. The van der Waals surface area contributed by atoms with E-state index < -0.39 is 23.5 Å². The minimum absolute atomic E-state index is 0.143. The molecule has 0 aromatic heterocycles. The number of amides is 2. The number of likely N-dealkylation sites (tertiary alicyclic amines) is 1. The topological polar surface area (TPSA) is 76.2 Å². The second-order valence-corrected chi connectivity index (χ2v) is 10.3. The summed E-state index contributed by atoms with van der Waals surface area (Å²) in [5.74, 6) is 0.121. The molecule has 2 bridgehead atoms. The van der Waals surface area contributed by atoms with Crippen LogP contribution in [0.5, 0.6) is 11.5 Å². The third-order valence-electron chi connectivity index (χ3n) is 8.71. The Bertz CT molecular complexity index is 1360. The van der Waals surface area contributed by atoms with E-state index in [9.17, 15) is 14.4 Å². The van der Waals surface area contributed by atoms with Crippen LogP contribution < -0.4 is 9.47 Å². The summed E-state index contributed by atoms with van der Waals surface area (Å²) in [6.45, 7) is 6.99. The van der Waals surface area contributed by atoms with Crippen LogP contribution in [0.1, 0.15) is 45.2 Å². The van der Waals surface area contributed by atoms with Crippen LogP contribution in [0.25, 0.3) is 0 Å². The standard InChI is InChI=1S/C29H26N2O5/c1-3-13-30-14-12-29-20-9-10-21(31-27(33)18-6-4-5-7-19(18)28(31)34)26(29)36-25-23(35-16(2)32)11-8-17(24(25)29)15-22(20)30/h3-11,20-22,26H,1,12-15H2,2H3/t20-,21+,22+,26-,29-/m0/s1. The van der Waals surface area contributed by atoms with E-state index in [1.165, 1.54) is 17.4 Å². The Balaban J connectivity index is 1.40. The molecule has 0 radical (unpaired) electrons. The Morgan fingerprint density at radius 3 is 2.61 bits per heavy atom. The van der Waals surface area contributed by atoms with Crippen LogP contribution in [0, 0.1) is 5.92 Å². The van der Waals surface area contributed by atoms with Gasteiger partial charge in [0.25, 0.3) is 11.8 Å². The van der Waals surface area contributed by atoms with E-state index >= 15 is 0 Å². The molecule has 36 heavy (non-hydrogen) atoms. The zero-order valence-electron chi connectivity index (χ0n) is 20.0. The largest absolute Gasteiger partial charge is 0.483 e. The van der Waals surface area contributed by atoms with Crippen molar-refractivity contribution in [3.8, 4) is 11.5 Å². The van der Waals surface area contributed by atoms with E-state index in [0.717, 1.165) is 31.5 Å². The first-order chi connectivity index (χ1) is 17.5. The van der Waals surface area contributed by atoms with Crippen LogP contribution in [-0.4, -0.2) is 58.9 Å². The van der Waals surface area contributed by atoms with E-state index in [1.807, 2.05) is 24.3 Å². The van der Waals surface area contributed by atoms with E-state index in [1.54, 1.807) is 24.3 Å². The molecule has 182 valence electrons. The fraction of sp³-hybridized carbons (Fsp3) is 0.345. The fourth-order valence-corrected chi connectivity index (χ4v) is 7.45. The van der Waals surface area contributed by atoms with Crippen LogP contribution in [-0.2, 0) is 16.6 Å². The summed E-state index contributed by atoms with van der Waals surface area (Å²) in [5.41, 5.74) is 2.69. The van der Waals surface area contributed by atoms with Gasteiger partial charge in [0.15, 0.2) is 11.5 Å². The van der Waals surface area contributed by atoms with Crippen LogP contribution >= 0.6 is 0 Å². The van der Waals surface area contributed by atoms with E-state index in [2.05, 4.69) is 17.6 Å². The first kappa shape index (κ1) is 21.6. The molecule has 0 unspecified atom stereocenters. The SMILES string of the molecule is C=CCN1CC[C@]23c4c5ccc(OC(C)=O)c4O[C@H]2[C@H](N2C(=O)c4ccccc4C2=O)C=C[C@H]3[C@H]1C5. The fourth-order valence-electron chi connectivity index (χ4n) is 7.45. The molecule has 7 nitrogen and oxygen atoms in total. The Kier molecular flexibility index (Phi) is 4.43. The monoisotopic (exact) mass is 482 g/mol. The highest BCUT2D eigenvalue weighted by molar-refractivity contribution is 6.21. The number of rotatable bonds is 4. The highest BCUT2D eigenvalue weighted by Crippen LogP contribution is 2.63. The number of benzene rings is 2. The lowest BCUT2D eigenvalue weighted by Gasteiger charge is -2.58.